The lowest BCUT2D eigenvalue weighted by atomic mass is 10.1. The molecule has 0 unspecified atom stereocenters. The number of rotatable bonds is 6. The minimum Gasteiger partial charge on any atom is -0.210 e. The Morgan fingerprint density at radius 1 is 1.56 bits per heavy atom. The molecular weight excluding hydrogens is 358 g/mol. The number of thiophene rings is 1. The van der Waals surface area contributed by atoms with Gasteiger partial charge in [-0.25, -0.2) is 13.1 Å². The standard InChI is InChI=1S/C11H15BrClNO2S2/c1-8-6-9(17-10(8)12)18(15,16)14-7-11(2-3-11)4-5-13/h6,14H,2-5,7H2,1H3. The molecule has 0 spiro atoms. The SMILES string of the molecule is Cc1cc(S(=O)(=O)NCC2(CCCl)CC2)sc1Br. The molecule has 1 fully saturated rings. The minimum absolute atomic E-state index is 0.109. The average Bonchev–Trinajstić information content (AvgIpc) is 2.98. The van der Waals surface area contributed by atoms with Crippen LogP contribution in [-0.4, -0.2) is 20.8 Å². The van der Waals surface area contributed by atoms with Gasteiger partial charge in [0.2, 0.25) is 10.0 Å². The lowest BCUT2D eigenvalue weighted by molar-refractivity contribution is 0.478. The summed E-state index contributed by atoms with van der Waals surface area (Å²) < 4.78 is 28.2. The van der Waals surface area contributed by atoms with Crippen LogP contribution in [-0.2, 0) is 10.0 Å². The molecule has 1 aliphatic carbocycles. The molecule has 1 aromatic heterocycles. The summed E-state index contributed by atoms with van der Waals surface area (Å²) in [6, 6.07) is 1.69. The van der Waals surface area contributed by atoms with E-state index in [0.29, 0.717) is 16.6 Å². The summed E-state index contributed by atoms with van der Waals surface area (Å²) in [7, 11) is -3.38. The van der Waals surface area contributed by atoms with Gasteiger partial charge in [0.15, 0.2) is 0 Å². The fourth-order valence-corrected chi connectivity index (χ4v) is 5.60. The van der Waals surface area contributed by atoms with Gasteiger partial charge in [-0.05, 0) is 59.2 Å². The van der Waals surface area contributed by atoms with Crippen LogP contribution in [0.1, 0.15) is 24.8 Å². The highest BCUT2D eigenvalue weighted by Crippen LogP contribution is 2.48. The molecular formula is C11H15BrClNO2S2. The first-order chi connectivity index (χ1) is 8.38. The summed E-state index contributed by atoms with van der Waals surface area (Å²) >= 11 is 10.3. The molecule has 0 radical (unpaired) electrons. The van der Waals surface area contributed by atoms with Crippen molar-refractivity contribution in [2.75, 3.05) is 12.4 Å². The van der Waals surface area contributed by atoms with Crippen molar-refractivity contribution >= 4 is 48.9 Å². The Morgan fingerprint density at radius 2 is 2.22 bits per heavy atom. The molecule has 18 heavy (non-hydrogen) atoms. The predicted octanol–water partition coefficient (Wildman–Crippen LogP) is 3.51. The van der Waals surface area contributed by atoms with E-state index < -0.39 is 10.0 Å². The van der Waals surface area contributed by atoms with Crippen LogP contribution < -0.4 is 4.72 Å². The van der Waals surface area contributed by atoms with Crippen LogP contribution >= 0.6 is 38.9 Å². The molecule has 0 aliphatic heterocycles. The number of nitrogens with one attached hydrogen (secondary N) is 1. The molecule has 102 valence electrons. The predicted molar refractivity (Wildman–Crippen MR) is 78.9 cm³/mol. The molecule has 3 nitrogen and oxygen atoms in total. The zero-order chi connectivity index (χ0) is 13.4. The first kappa shape index (κ1) is 14.8. The van der Waals surface area contributed by atoms with Crippen molar-refractivity contribution in [3.8, 4) is 0 Å². The third-order valence-electron chi connectivity index (χ3n) is 3.32. The first-order valence-corrected chi connectivity index (χ1v) is 9.33. The molecule has 0 aromatic carbocycles. The van der Waals surface area contributed by atoms with Crippen LogP contribution in [0.2, 0.25) is 0 Å². The molecule has 2 rings (SSSR count). The first-order valence-electron chi connectivity index (χ1n) is 5.70. The van der Waals surface area contributed by atoms with Gasteiger partial charge in [-0.15, -0.1) is 22.9 Å². The Hall–Kier alpha value is 0.380. The molecule has 0 saturated heterocycles. The van der Waals surface area contributed by atoms with Gasteiger partial charge in [0.25, 0.3) is 0 Å². The van der Waals surface area contributed by atoms with Gasteiger partial charge in [0.05, 0.1) is 3.79 Å². The Balaban J connectivity index is 2.04. The smallest absolute Gasteiger partial charge is 0.210 e. The van der Waals surface area contributed by atoms with Crippen molar-refractivity contribution in [1.82, 2.24) is 4.72 Å². The molecule has 1 aliphatic rings. The van der Waals surface area contributed by atoms with Crippen LogP contribution in [0.5, 0.6) is 0 Å². The Kier molecular flexibility index (Phi) is 4.44. The summed E-state index contributed by atoms with van der Waals surface area (Å²) in [6.07, 6.45) is 3.01. The van der Waals surface area contributed by atoms with Gasteiger partial charge in [-0.1, -0.05) is 0 Å². The molecule has 1 N–H and O–H groups in total. The number of hydrogen-bond acceptors (Lipinski definition) is 3. The Morgan fingerprint density at radius 3 is 2.67 bits per heavy atom. The zero-order valence-corrected chi connectivity index (χ0v) is 14.0. The normalized spacial score (nSPS) is 17.9. The van der Waals surface area contributed by atoms with Gasteiger partial charge < -0.3 is 0 Å². The van der Waals surface area contributed by atoms with E-state index >= 15 is 0 Å². The highest BCUT2D eigenvalue weighted by atomic mass is 79.9. The molecule has 1 saturated carbocycles. The summed E-state index contributed by atoms with van der Waals surface area (Å²) in [5, 5.41) is 0. The lowest BCUT2D eigenvalue weighted by Gasteiger charge is -2.13. The summed E-state index contributed by atoms with van der Waals surface area (Å²) in [6.45, 7) is 2.38. The van der Waals surface area contributed by atoms with Crippen molar-refractivity contribution < 1.29 is 8.42 Å². The summed E-state index contributed by atoms with van der Waals surface area (Å²) in [4.78, 5) is 0. The quantitative estimate of drug-likeness (QED) is 0.777. The topological polar surface area (TPSA) is 46.2 Å². The lowest BCUT2D eigenvalue weighted by Crippen LogP contribution is -2.30. The Bertz CT molecular complexity index is 518. The van der Waals surface area contributed by atoms with E-state index in [4.69, 9.17) is 11.6 Å². The highest BCUT2D eigenvalue weighted by molar-refractivity contribution is 9.11. The van der Waals surface area contributed by atoms with E-state index in [1.807, 2.05) is 6.92 Å². The summed E-state index contributed by atoms with van der Waals surface area (Å²) in [5.41, 5.74) is 1.06. The maximum atomic E-state index is 12.1. The van der Waals surface area contributed by atoms with E-state index in [9.17, 15) is 8.42 Å². The molecule has 7 heteroatoms. The fraction of sp³-hybridized carbons (Fsp3) is 0.636. The van der Waals surface area contributed by atoms with Gasteiger partial charge in [0, 0.05) is 12.4 Å². The minimum atomic E-state index is -3.38. The fourth-order valence-electron chi connectivity index (χ4n) is 1.78. The maximum Gasteiger partial charge on any atom is 0.250 e. The van der Waals surface area contributed by atoms with Crippen molar-refractivity contribution in [3.05, 3.63) is 15.4 Å². The van der Waals surface area contributed by atoms with Crippen LogP contribution in [0.4, 0.5) is 0 Å². The van der Waals surface area contributed by atoms with Crippen molar-refractivity contribution in [2.24, 2.45) is 5.41 Å². The second-order valence-electron chi connectivity index (χ2n) is 4.79. The van der Waals surface area contributed by atoms with Crippen LogP contribution in [0, 0.1) is 12.3 Å². The molecule has 1 heterocycles. The molecule has 1 aromatic rings. The summed E-state index contributed by atoms with van der Waals surface area (Å²) in [5.74, 6) is 0.589. The maximum absolute atomic E-state index is 12.1. The number of aryl methyl sites for hydroxylation is 1. The van der Waals surface area contributed by atoms with E-state index in [0.717, 1.165) is 28.6 Å². The monoisotopic (exact) mass is 371 g/mol. The van der Waals surface area contributed by atoms with Gasteiger partial charge in [-0.2, -0.15) is 0 Å². The van der Waals surface area contributed by atoms with Crippen LogP contribution in [0.15, 0.2) is 14.1 Å². The number of halogens is 2. The van der Waals surface area contributed by atoms with Crippen molar-refractivity contribution in [3.63, 3.8) is 0 Å². The van der Waals surface area contributed by atoms with Gasteiger partial charge in [-0.3, -0.25) is 0 Å². The molecule has 0 bridgehead atoms. The second kappa shape index (κ2) is 5.40. The molecule has 0 amide bonds. The van der Waals surface area contributed by atoms with E-state index in [-0.39, 0.29) is 5.41 Å². The number of alkyl halides is 1. The van der Waals surface area contributed by atoms with E-state index in [1.54, 1.807) is 6.07 Å². The Labute approximate surface area is 125 Å². The third kappa shape index (κ3) is 3.28. The number of hydrogen-bond donors (Lipinski definition) is 1. The largest absolute Gasteiger partial charge is 0.250 e. The average molecular weight is 373 g/mol. The second-order valence-corrected chi connectivity index (χ2v) is 9.53. The van der Waals surface area contributed by atoms with Crippen molar-refractivity contribution in [2.45, 2.75) is 30.4 Å². The highest BCUT2D eigenvalue weighted by Gasteiger charge is 2.42. The van der Waals surface area contributed by atoms with Gasteiger partial charge >= 0.3 is 0 Å². The van der Waals surface area contributed by atoms with E-state index in [2.05, 4.69) is 20.7 Å². The van der Waals surface area contributed by atoms with Gasteiger partial charge in [0.1, 0.15) is 4.21 Å². The van der Waals surface area contributed by atoms with Crippen molar-refractivity contribution in [1.29, 1.82) is 0 Å². The van der Waals surface area contributed by atoms with Crippen LogP contribution in [0.25, 0.3) is 0 Å². The van der Waals surface area contributed by atoms with E-state index in [1.165, 1.54) is 11.3 Å². The third-order valence-corrected chi connectivity index (χ3v) is 7.52. The number of sulfonamides is 1. The zero-order valence-electron chi connectivity index (χ0n) is 10.0. The molecule has 0 atom stereocenters. The van der Waals surface area contributed by atoms with Crippen LogP contribution in [0.3, 0.4) is 0 Å².